The fraction of sp³-hybridized carbons (Fsp3) is 0.714. The molecule has 0 saturated carbocycles. The van der Waals surface area contributed by atoms with Gasteiger partial charge in [0.05, 0.1) is 0 Å². The lowest BCUT2D eigenvalue weighted by Gasteiger charge is -2.43. The van der Waals surface area contributed by atoms with E-state index in [9.17, 15) is 27.6 Å². The van der Waals surface area contributed by atoms with E-state index in [-0.39, 0.29) is 0 Å². The van der Waals surface area contributed by atoms with Crippen LogP contribution in [0.4, 0.5) is 0 Å². The van der Waals surface area contributed by atoms with Gasteiger partial charge in [-0.15, -0.1) is 0 Å². The van der Waals surface area contributed by atoms with Crippen molar-refractivity contribution in [3.8, 4) is 0 Å². The second kappa shape index (κ2) is 9.77. The highest BCUT2D eigenvalue weighted by Crippen LogP contribution is 2.30. The monoisotopic (exact) mass is 432 g/mol. The fourth-order valence-electron chi connectivity index (χ4n) is 2.23. The summed E-state index contributed by atoms with van der Waals surface area (Å²) in [6, 6.07) is 0. The molecule has 28 heavy (non-hydrogen) atoms. The van der Waals surface area contributed by atoms with Crippen LogP contribution in [0.3, 0.4) is 0 Å². The molecule has 1 unspecified atom stereocenters. The van der Waals surface area contributed by atoms with E-state index in [1.165, 1.54) is 0 Å². The van der Waals surface area contributed by atoms with E-state index in [1.807, 2.05) is 0 Å². The molecule has 0 bridgehead atoms. The zero-order chi connectivity index (χ0) is 24.5. The van der Waals surface area contributed by atoms with Crippen LogP contribution in [0, 0.1) is 0 Å². The van der Waals surface area contributed by atoms with Gasteiger partial charge in [-0.1, -0.05) is 0 Å². The van der Waals surface area contributed by atoms with Crippen LogP contribution in [0.1, 0.15) is 33.1 Å². The first-order chi connectivity index (χ1) is 14.9. The Hall–Kier alpha value is -2.29. The third kappa shape index (κ3) is 7.75. The van der Waals surface area contributed by atoms with E-state index in [4.69, 9.17) is 33.7 Å². The molecule has 13 nitrogen and oxygen atoms in total. The summed E-state index contributed by atoms with van der Waals surface area (Å²) in [7, 11) is -5.34. The maximum atomic E-state index is 11.7. The number of ether oxygens (including phenoxy) is 5. The molecule has 5 atom stereocenters. The molecule has 160 valence electrons. The maximum absolute atomic E-state index is 11.7. The summed E-state index contributed by atoms with van der Waals surface area (Å²) in [6.07, 6.45) is -9.80. The standard InChI is InChI=1S/C14H20O13S/c1-6(15)22-5-10-11(23-7(2)16)12(27-28(19,20)21)13(24-8(3)17)14(26-10)25-9(4)18/h10-14H,5H2,1-4H3,(H,19,20,21)/t10-,11-,12+,13-,14?/m1/s1/i1D,2D,3D,4D. The van der Waals surface area contributed by atoms with Crippen molar-refractivity contribution in [1.29, 1.82) is 0 Å². The number of hydrogen-bond donors (Lipinski definition) is 1. The quantitative estimate of drug-likeness (QED) is 0.291. The van der Waals surface area contributed by atoms with Gasteiger partial charge in [-0.2, -0.15) is 8.42 Å². The summed E-state index contributed by atoms with van der Waals surface area (Å²) >= 11 is 0. The van der Waals surface area contributed by atoms with Crippen LogP contribution in [0.25, 0.3) is 0 Å². The van der Waals surface area contributed by atoms with Gasteiger partial charge in [0.15, 0.2) is 18.3 Å². The van der Waals surface area contributed by atoms with E-state index < -0.39 is 99.2 Å². The predicted octanol–water partition coefficient (Wildman–Crippen LogP) is -1.11. The molecule has 1 rings (SSSR count). The Morgan fingerprint density at radius 1 is 0.893 bits per heavy atom. The number of carbonyl (C=O) groups excluding carboxylic acids is 4. The van der Waals surface area contributed by atoms with Gasteiger partial charge in [0, 0.05) is 33.1 Å². The normalized spacial score (nSPS) is 29.2. The van der Waals surface area contributed by atoms with Crippen LogP contribution in [0.5, 0.6) is 0 Å². The molecule has 0 spiro atoms. The Bertz CT molecular complexity index is 791. The fourth-order valence-corrected chi connectivity index (χ4v) is 2.73. The van der Waals surface area contributed by atoms with Crippen molar-refractivity contribution in [3.05, 3.63) is 0 Å². The molecular formula is C14H20O13S. The molecule has 0 aliphatic carbocycles. The minimum absolute atomic E-state index is 0.812. The number of esters is 4. The van der Waals surface area contributed by atoms with Gasteiger partial charge in [-0.3, -0.25) is 23.7 Å². The van der Waals surface area contributed by atoms with Crippen molar-refractivity contribution in [1.82, 2.24) is 0 Å². The Morgan fingerprint density at radius 3 is 1.96 bits per heavy atom. The lowest BCUT2D eigenvalue weighted by Crippen LogP contribution is -2.63. The zero-order valence-corrected chi connectivity index (χ0v) is 15.0. The van der Waals surface area contributed by atoms with Crippen LogP contribution >= 0.6 is 0 Å². The lowest BCUT2D eigenvalue weighted by molar-refractivity contribution is -0.294. The second-order valence-corrected chi connectivity index (χ2v) is 6.16. The van der Waals surface area contributed by atoms with Crippen molar-refractivity contribution < 1.29 is 65.5 Å². The maximum Gasteiger partial charge on any atom is 0.397 e. The molecular weight excluding hydrogens is 408 g/mol. The van der Waals surface area contributed by atoms with Crippen molar-refractivity contribution in [3.63, 3.8) is 0 Å². The molecule has 1 N–H and O–H groups in total. The van der Waals surface area contributed by atoms with Crippen molar-refractivity contribution in [2.75, 3.05) is 6.61 Å². The molecule has 0 aromatic rings. The SMILES string of the molecule is [2H]CC(=O)OC[C@H]1OC(OC(=O)C[2H])[C@H](OC(=O)C[2H])[C@@H](OS(=O)(=O)O)[C@@H]1OC(=O)C[2H]. The third-order valence-corrected chi connectivity index (χ3v) is 3.48. The zero-order valence-electron chi connectivity index (χ0n) is 18.2. The first-order valence-electron chi connectivity index (χ1n) is 10.0. The Labute approximate surface area is 165 Å². The molecule has 1 heterocycles. The molecule has 0 aromatic carbocycles. The summed E-state index contributed by atoms with van der Waals surface area (Å²) in [5, 5.41) is 0. The first kappa shape index (κ1) is 17.8. The average Bonchev–Trinajstić information content (AvgIpc) is 2.74. The van der Waals surface area contributed by atoms with Gasteiger partial charge in [0.1, 0.15) is 12.7 Å². The Kier molecular flexibility index (Phi) is 6.20. The Morgan fingerprint density at radius 2 is 1.43 bits per heavy atom. The van der Waals surface area contributed by atoms with Crippen LogP contribution in [0.15, 0.2) is 0 Å². The summed E-state index contributed by atoms with van der Waals surface area (Å²) in [6.45, 7) is -4.54. The van der Waals surface area contributed by atoms with Gasteiger partial charge in [-0.25, -0.2) is 4.18 Å². The van der Waals surface area contributed by atoms with E-state index in [0.29, 0.717) is 0 Å². The minimum Gasteiger partial charge on any atom is -0.463 e. The van der Waals surface area contributed by atoms with Gasteiger partial charge in [0.25, 0.3) is 0 Å². The predicted molar refractivity (Wildman–Crippen MR) is 84.6 cm³/mol. The highest BCUT2D eigenvalue weighted by molar-refractivity contribution is 7.80. The van der Waals surface area contributed by atoms with E-state index in [1.54, 1.807) is 0 Å². The smallest absolute Gasteiger partial charge is 0.397 e. The minimum atomic E-state index is -5.34. The molecule has 1 aliphatic rings. The second-order valence-electron chi connectivity index (χ2n) is 5.11. The summed E-state index contributed by atoms with van der Waals surface area (Å²) in [5.41, 5.74) is 0. The molecule has 0 amide bonds. The topological polar surface area (TPSA) is 178 Å². The largest absolute Gasteiger partial charge is 0.463 e. The highest BCUT2D eigenvalue weighted by Gasteiger charge is 2.54. The summed E-state index contributed by atoms with van der Waals surface area (Å²) < 4.78 is 89.0. The molecule has 0 aromatic heterocycles. The lowest BCUT2D eigenvalue weighted by atomic mass is 9.98. The van der Waals surface area contributed by atoms with Crippen molar-refractivity contribution in [2.45, 2.75) is 58.3 Å². The number of hydrogen-bond acceptors (Lipinski definition) is 12. The van der Waals surface area contributed by atoms with E-state index in [0.717, 1.165) is 0 Å². The highest BCUT2D eigenvalue weighted by atomic mass is 32.3. The van der Waals surface area contributed by atoms with E-state index in [2.05, 4.69) is 4.18 Å². The van der Waals surface area contributed by atoms with E-state index >= 15 is 0 Å². The molecule has 1 saturated heterocycles. The summed E-state index contributed by atoms with van der Waals surface area (Å²) in [4.78, 5) is 46.3. The third-order valence-electron chi connectivity index (χ3n) is 3.02. The van der Waals surface area contributed by atoms with Gasteiger partial charge >= 0.3 is 34.3 Å². The number of rotatable bonds is 7. The summed E-state index contributed by atoms with van der Waals surface area (Å²) in [5.74, 6) is -4.87. The average molecular weight is 432 g/mol. The first-order valence-corrected chi connectivity index (χ1v) is 8.54. The van der Waals surface area contributed by atoms with Crippen LogP contribution in [0.2, 0.25) is 0 Å². The molecule has 14 heteroatoms. The van der Waals surface area contributed by atoms with Crippen LogP contribution in [-0.2, 0) is 57.4 Å². The van der Waals surface area contributed by atoms with Crippen molar-refractivity contribution >= 4 is 34.3 Å². The Balaban J connectivity index is 3.45. The van der Waals surface area contributed by atoms with Gasteiger partial charge in [-0.05, 0) is 0 Å². The molecule has 1 fully saturated rings. The molecule has 0 radical (unpaired) electrons. The molecule has 1 aliphatic heterocycles. The van der Waals surface area contributed by atoms with Crippen LogP contribution in [-0.4, -0.2) is 74.2 Å². The van der Waals surface area contributed by atoms with Gasteiger partial charge < -0.3 is 23.7 Å². The van der Waals surface area contributed by atoms with Crippen molar-refractivity contribution in [2.24, 2.45) is 0 Å². The van der Waals surface area contributed by atoms with Gasteiger partial charge in [0.2, 0.25) is 6.29 Å². The number of carbonyl (C=O) groups is 4. The van der Waals surface area contributed by atoms with Crippen LogP contribution < -0.4 is 0 Å².